The Balaban J connectivity index is 1.48. The molecular weight excluding hydrogens is 354 g/mol. The standard InChI is InChI=1S/C22H33N3OS/c1-16(2)18-9-11-19(12-10-18)24-21(26)13-20-15-27-22(25(20)3)23-14-17-7-5-4-6-8-17/h9-12,16-17,20H,4-8,13-15H2,1-3H3,(H,24,26). The Morgan fingerprint density at radius 2 is 1.93 bits per heavy atom. The highest BCUT2D eigenvalue weighted by atomic mass is 32.2. The number of aliphatic imine (C=N–C) groups is 1. The fourth-order valence-corrected chi connectivity index (χ4v) is 5.05. The van der Waals surface area contributed by atoms with Crippen molar-refractivity contribution in [1.29, 1.82) is 0 Å². The summed E-state index contributed by atoms with van der Waals surface area (Å²) in [4.78, 5) is 19.5. The summed E-state index contributed by atoms with van der Waals surface area (Å²) in [7, 11) is 2.08. The number of rotatable bonds is 6. The molecule has 1 aliphatic carbocycles. The van der Waals surface area contributed by atoms with Gasteiger partial charge >= 0.3 is 0 Å². The van der Waals surface area contributed by atoms with E-state index in [0.717, 1.165) is 29.1 Å². The molecule has 1 aliphatic heterocycles. The number of hydrogen-bond donors (Lipinski definition) is 1. The van der Waals surface area contributed by atoms with Crippen molar-refractivity contribution in [3.8, 4) is 0 Å². The topological polar surface area (TPSA) is 44.7 Å². The van der Waals surface area contributed by atoms with Crippen molar-refractivity contribution < 1.29 is 4.79 Å². The molecule has 1 saturated carbocycles. The summed E-state index contributed by atoms with van der Waals surface area (Å²) in [6.07, 6.45) is 7.27. The van der Waals surface area contributed by atoms with E-state index in [-0.39, 0.29) is 11.9 Å². The van der Waals surface area contributed by atoms with Gasteiger partial charge in [-0.25, -0.2) is 0 Å². The third kappa shape index (κ3) is 5.74. The molecule has 1 aromatic carbocycles. The van der Waals surface area contributed by atoms with Crippen LogP contribution < -0.4 is 5.32 Å². The fourth-order valence-electron chi connectivity index (χ4n) is 3.85. The number of carbonyl (C=O) groups excluding carboxylic acids is 1. The second-order valence-corrected chi connectivity index (χ2v) is 9.22. The summed E-state index contributed by atoms with van der Waals surface area (Å²) in [5.41, 5.74) is 2.17. The van der Waals surface area contributed by atoms with Crippen LogP contribution in [0.1, 0.15) is 63.9 Å². The van der Waals surface area contributed by atoms with Crippen LogP contribution in [0.5, 0.6) is 0 Å². The van der Waals surface area contributed by atoms with Gasteiger partial charge in [-0.1, -0.05) is 57.0 Å². The fraction of sp³-hybridized carbons (Fsp3) is 0.636. The van der Waals surface area contributed by atoms with Gasteiger partial charge in [-0.2, -0.15) is 0 Å². The molecule has 1 unspecified atom stereocenters. The SMILES string of the molecule is CC(C)c1ccc(NC(=O)CC2CSC(=NCC3CCCCC3)N2C)cc1. The van der Waals surface area contributed by atoms with Crippen molar-refractivity contribution in [2.24, 2.45) is 10.9 Å². The predicted molar refractivity (Wildman–Crippen MR) is 117 cm³/mol. The third-order valence-electron chi connectivity index (χ3n) is 5.75. The maximum atomic E-state index is 12.5. The smallest absolute Gasteiger partial charge is 0.226 e. The molecule has 2 fully saturated rings. The van der Waals surface area contributed by atoms with Crippen molar-refractivity contribution in [2.45, 2.75) is 64.3 Å². The maximum absolute atomic E-state index is 12.5. The Kier molecular flexibility index (Phi) is 7.22. The number of hydrogen-bond acceptors (Lipinski definition) is 3. The van der Waals surface area contributed by atoms with Gasteiger partial charge in [0.25, 0.3) is 0 Å². The first-order valence-electron chi connectivity index (χ1n) is 10.3. The third-order valence-corrected chi connectivity index (χ3v) is 6.97. The minimum atomic E-state index is 0.0817. The lowest BCUT2D eigenvalue weighted by Gasteiger charge is -2.22. The minimum Gasteiger partial charge on any atom is -0.350 e. The van der Waals surface area contributed by atoms with E-state index in [1.165, 1.54) is 37.7 Å². The van der Waals surface area contributed by atoms with E-state index < -0.39 is 0 Å². The van der Waals surface area contributed by atoms with Crippen LogP contribution in [0.3, 0.4) is 0 Å². The lowest BCUT2D eigenvalue weighted by Crippen LogP contribution is -2.33. The summed E-state index contributed by atoms with van der Waals surface area (Å²) in [6, 6.07) is 8.41. The monoisotopic (exact) mass is 387 g/mol. The number of nitrogens with one attached hydrogen (secondary N) is 1. The van der Waals surface area contributed by atoms with Crippen LogP contribution in [0.2, 0.25) is 0 Å². The van der Waals surface area contributed by atoms with Crippen molar-refractivity contribution in [1.82, 2.24) is 4.90 Å². The maximum Gasteiger partial charge on any atom is 0.226 e. The zero-order valence-electron chi connectivity index (χ0n) is 16.9. The minimum absolute atomic E-state index is 0.0817. The Hall–Kier alpha value is -1.49. The van der Waals surface area contributed by atoms with Crippen LogP contribution in [0.4, 0.5) is 5.69 Å². The summed E-state index contributed by atoms with van der Waals surface area (Å²) < 4.78 is 0. The van der Waals surface area contributed by atoms with Crippen molar-refractivity contribution in [2.75, 3.05) is 24.7 Å². The molecule has 1 heterocycles. The van der Waals surface area contributed by atoms with Gasteiger partial charge in [0, 0.05) is 37.5 Å². The van der Waals surface area contributed by atoms with E-state index >= 15 is 0 Å². The molecule has 1 aromatic rings. The van der Waals surface area contributed by atoms with Crippen LogP contribution in [-0.2, 0) is 4.79 Å². The lowest BCUT2D eigenvalue weighted by atomic mass is 9.89. The van der Waals surface area contributed by atoms with E-state index in [1.807, 2.05) is 12.1 Å². The second-order valence-electron chi connectivity index (χ2n) is 8.23. The molecule has 0 bridgehead atoms. The molecule has 1 N–H and O–H groups in total. The van der Waals surface area contributed by atoms with Gasteiger partial charge in [-0.3, -0.25) is 9.79 Å². The van der Waals surface area contributed by atoms with Gasteiger partial charge in [0.15, 0.2) is 5.17 Å². The zero-order valence-corrected chi connectivity index (χ0v) is 17.7. The quantitative estimate of drug-likeness (QED) is 0.736. The number of thioether (sulfide) groups is 1. The summed E-state index contributed by atoms with van der Waals surface area (Å²) in [6.45, 7) is 5.30. The molecule has 1 amide bonds. The molecule has 5 heteroatoms. The largest absolute Gasteiger partial charge is 0.350 e. The number of amidine groups is 1. The number of nitrogens with zero attached hydrogens (tertiary/aromatic N) is 2. The highest BCUT2D eigenvalue weighted by molar-refractivity contribution is 8.14. The number of anilines is 1. The summed E-state index contributed by atoms with van der Waals surface area (Å²) >= 11 is 1.80. The predicted octanol–water partition coefficient (Wildman–Crippen LogP) is 5.12. The van der Waals surface area contributed by atoms with Crippen LogP contribution in [0.25, 0.3) is 0 Å². The molecule has 1 saturated heterocycles. The molecule has 0 radical (unpaired) electrons. The zero-order chi connectivity index (χ0) is 19.2. The first-order chi connectivity index (χ1) is 13.0. The van der Waals surface area contributed by atoms with Crippen LogP contribution in [0, 0.1) is 5.92 Å². The number of benzene rings is 1. The average Bonchev–Trinajstić information content (AvgIpc) is 3.01. The molecule has 148 valence electrons. The van der Waals surface area contributed by atoms with E-state index in [2.05, 4.69) is 43.2 Å². The van der Waals surface area contributed by atoms with Gasteiger partial charge < -0.3 is 10.2 Å². The second kappa shape index (κ2) is 9.63. The first kappa shape index (κ1) is 20.2. The van der Waals surface area contributed by atoms with E-state index in [0.29, 0.717) is 12.3 Å². The van der Waals surface area contributed by atoms with Crippen molar-refractivity contribution in [3.63, 3.8) is 0 Å². The Labute approximate surface area is 168 Å². The van der Waals surface area contributed by atoms with E-state index in [9.17, 15) is 4.79 Å². The van der Waals surface area contributed by atoms with Crippen molar-refractivity contribution in [3.05, 3.63) is 29.8 Å². The van der Waals surface area contributed by atoms with Crippen LogP contribution >= 0.6 is 11.8 Å². The van der Waals surface area contributed by atoms with Crippen molar-refractivity contribution >= 4 is 28.5 Å². The van der Waals surface area contributed by atoms with Gasteiger partial charge in [0.05, 0.1) is 0 Å². The number of carbonyl (C=O) groups is 1. The highest BCUT2D eigenvalue weighted by Crippen LogP contribution is 2.28. The van der Waals surface area contributed by atoms with Gasteiger partial charge in [0.2, 0.25) is 5.91 Å². The first-order valence-corrected chi connectivity index (χ1v) is 11.3. The Morgan fingerprint density at radius 3 is 2.59 bits per heavy atom. The highest BCUT2D eigenvalue weighted by Gasteiger charge is 2.29. The molecule has 1 atom stereocenters. The molecular formula is C22H33N3OS. The molecule has 0 spiro atoms. The normalized spacial score (nSPS) is 22.6. The molecule has 0 aromatic heterocycles. The van der Waals surface area contributed by atoms with Gasteiger partial charge in [-0.15, -0.1) is 0 Å². The lowest BCUT2D eigenvalue weighted by molar-refractivity contribution is -0.116. The van der Waals surface area contributed by atoms with Crippen LogP contribution in [-0.4, -0.2) is 41.4 Å². The summed E-state index contributed by atoms with van der Waals surface area (Å²) in [5.74, 6) is 2.29. The average molecular weight is 388 g/mol. The molecule has 2 aliphatic rings. The van der Waals surface area contributed by atoms with Gasteiger partial charge in [0.1, 0.15) is 0 Å². The molecule has 4 nitrogen and oxygen atoms in total. The van der Waals surface area contributed by atoms with E-state index in [4.69, 9.17) is 4.99 Å². The van der Waals surface area contributed by atoms with Gasteiger partial charge in [-0.05, 0) is 42.4 Å². The number of amides is 1. The van der Waals surface area contributed by atoms with E-state index in [1.54, 1.807) is 11.8 Å². The Bertz CT molecular complexity index is 650. The van der Waals surface area contributed by atoms with Crippen LogP contribution in [0.15, 0.2) is 29.3 Å². The summed E-state index contributed by atoms with van der Waals surface area (Å²) in [5, 5.41) is 4.15. The molecule has 3 rings (SSSR count). The Morgan fingerprint density at radius 1 is 1.22 bits per heavy atom. The molecule has 27 heavy (non-hydrogen) atoms.